The fraction of sp³-hybridized carbons (Fsp3) is 0.545. The summed E-state index contributed by atoms with van der Waals surface area (Å²) in [7, 11) is 3.36. The van der Waals surface area contributed by atoms with Gasteiger partial charge >= 0.3 is 6.09 Å². The topological polar surface area (TPSA) is 62.2 Å². The molecule has 2 aliphatic carbocycles. The van der Waals surface area contributed by atoms with E-state index in [1.165, 1.54) is 21.6 Å². The van der Waals surface area contributed by atoms with Crippen molar-refractivity contribution in [2.24, 2.45) is 5.92 Å². The van der Waals surface area contributed by atoms with Crippen LogP contribution < -0.4 is 9.47 Å². The van der Waals surface area contributed by atoms with Crippen LogP contribution in [0.2, 0.25) is 0 Å². The Morgan fingerprint density at radius 2 is 1.79 bits per heavy atom. The van der Waals surface area contributed by atoms with E-state index in [0.717, 1.165) is 51.1 Å². The van der Waals surface area contributed by atoms with Gasteiger partial charge in [0.2, 0.25) is 0 Å². The number of rotatable bonds is 9. The van der Waals surface area contributed by atoms with Gasteiger partial charge in [-0.2, -0.15) is 0 Å². The third-order valence-corrected chi connectivity index (χ3v) is 8.69. The maximum atomic E-state index is 12.1. The number of ether oxygens (including phenoxy) is 2. The fourth-order valence-corrected chi connectivity index (χ4v) is 6.48. The summed E-state index contributed by atoms with van der Waals surface area (Å²) >= 11 is 0. The Balaban J connectivity index is 1.53. The molecule has 0 saturated heterocycles. The third kappa shape index (κ3) is 6.59. The number of hydrogen-bond acceptors (Lipinski definition) is 5. The smallest absolute Gasteiger partial charge is 0.414 e. The van der Waals surface area contributed by atoms with Gasteiger partial charge in [-0.1, -0.05) is 38.0 Å². The van der Waals surface area contributed by atoms with Crippen molar-refractivity contribution < 1.29 is 19.4 Å². The van der Waals surface area contributed by atoms with Crippen molar-refractivity contribution in [3.63, 3.8) is 0 Å². The highest BCUT2D eigenvalue weighted by Crippen LogP contribution is 2.54. The van der Waals surface area contributed by atoms with Crippen LogP contribution >= 0.6 is 0 Å². The zero-order valence-corrected chi connectivity index (χ0v) is 24.3. The van der Waals surface area contributed by atoms with Gasteiger partial charge in [0.05, 0.1) is 6.61 Å². The molecule has 1 saturated carbocycles. The van der Waals surface area contributed by atoms with Crippen LogP contribution in [0.1, 0.15) is 69.6 Å². The van der Waals surface area contributed by atoms with Crippen LogP contribution in [0.5, 0.6) is 11.5 Å². The van der Waals surface area contributed by atoms with Gasteiger partial charge in [0.25, 0.3) is 0 Å². The molecule has 39 heavy (non-hydrogen) atoms. The molecule has 2 aromatic carbocycles. The largest absolute Gasteiger partial charge is 0.494 e. The van der Waals surface area contributed by atoms with Gasteiger partial charge in [-0.3, -0.25) is 4.90 Å². The lowest BCUT2D eigenvalue weighted by Crippen LogP contribution is -2.50. The van der Waals surface area contributed by atoms with Gasteiger partial charge < -0.3 is 19.5 Å². The predicted octanol–water partition coefficient (Wildman–Crippen LogP) is 5.80. The first kappa shape index (κ1) is 29.0. The monoisotopic (exact) mass is 532 g/mol. The molecule has 0 aromatic heterocycles. The van der Waals surface area contributed by atoms with E-state index in [-0.39, 0.29) is 11.5 Å². The molecule has 0 bridgehead atoms. The molecular formula is C33H44N2O4. The minimum Gasteiger partial charge on any atom is -0.494 e. The van der Waals surface area contributed by atoms with E-state index in [1.54, 1.807) is 21.0 Å². The second-order valence-corrected chi connectivity index (χ2v) is 11.3. The zero-order chi connectivity index (χ0) is 28.0. The average Bonchev–Trinajstić information content (AvgIpc) is 2.92. The molecule has 1 fully saturated rings. The molecule has 6 heteroatoms. The minimum absolute atomic E-state index is 0.109. The van der Waals surface area contributed by atoms with E-state index >= 15 is 0 Å². The molecule has 0 aliphatic heterocycles. The highest BCUT2D eigenvalue weighted by atomic mass is 16.6. The Kier molecular flexibility index (Phi) is 9.25. The number of aliphatic hydroxyl groups is 1. The molecule has 0 unspecified atom stereocenters. The molecule has 0 radical (unpaired) electrons. The van der Waals surface area contributed by atoms with Crippen LogP contribution in [-0.2, 0) is 18.4 Å². The van der Waals surface area contributed by atoms with E-state index in [9.17, 15) is 9.90 Å². The van der Waals surface area contributed by atoms with Crippen LogP contribution in [-0.4, -0.2) is 60.4 Å². The van der Waals surface area contributed by atoms with Crippen molar-refractivity contribution in [1.29, 1.82) is 0 Å². The summed E-state index contributed by atoms with van der Waals surface area (Å²) in [5.41, 5.74) is 2.78. The highest BCUT2D eigenvalue weighted by Gasteiger charge is 2.51. The van der Waals surface area contributed by atoms with Crippen molar-refractivity contribution >= 4 is 6.09 Å². The SMILES string of the molecule is CC#C[C@@]1(O)CC[C@]2(CCOc3ccc(CN(CC)CC)cc3)c3ccc(OC(=O)N(C)C)cc3CC[C@H]2C1. The molecular weight excluding hydrogens is 488 g/mol. The quantitative estimate of drug-likeness (QED) is 0.414. The lowest BCUT2D eigenvalue weighted by Gasteiger charge is -2.52. The van der Waals surface area contributed by atoms with Gasteiger partial charge in [0.1, 0.15) is 17.1 Å². The average molecular weight is 533 g/mol. The van der Waals surface area contributed by atoms with Crippen LogP contribution in [0.15, 0.2) is 42.5 Å². The van der Waals surface area contributed by atoms with Crippen LogP contribution in [0.25, 0.3) is 0 Å². The molecule has 0 heterocycles. The molecule has 210 valence electrons. The second kappa shape index (κ2) is 12.4. The summed E-state index contributed by atoms with van der Waals surface area (Å²) in [6, 6.07) is 14.5. The second-order valence-electron chi connectivity index (χ2n) is 11.3. The number of carbonyl (C=O) groups excluding carboxylic acids is 1. The number of hydrogen-bond donors (Lipinski definition) is 1. The van der Waals surface area contributed by atoms with Crippen LogP contribution in [0, 0.1) is 17.8 Å². The maximum Gasteiger partial charge on any atom is 0.414 e. The van der Waals surface area contributed by atoms with Crippen molar-refractivity contribution in [2.45, 2.75) is 76.9 Å². The first-order chi connectivity index (χ1) is 18.7. The third-order valence-electron chi connectivity index (χ3n) is 8.69. The van der Waals surface area contributed by atoms with Gasteiger partial charge in [0, 0.05) is 26.1 Å². The number of amides is 1. The predicted molar refractivity (Wildman–Crippen MR) is 155 cm³/mol. The van der Waals surface area contributed by atoms with Crippen LogP contribution in [0.3, 0.4) is 0 Å². The lowest BCUT2D eigenvalue weighted by atomic mass is 9.53. The lowest BCUT2D eigenvalue weighted by molar-refractivity contribution is -0.0143. The standard InChI is InChI=1S/C33H44N2O4/c1-6-17-32(37)18-19-33(20-21-38-28-13-9-25(10-14-28)24-35(7-2)8-3)27(23-32)12-11-26-22-29(15-16-30(26)33)39-31(36)34(4)5/h9-10,13-16,22,27,37H,7-8,11-12,18-21,23-24H2,1-5H3/t27-,32+,33+/m0/s1. The van der Waals surface area contributed by atoms with E-state index in [4.69, 9.17) is 9.47 Å². The number of carbonyl (C=O) groups is 1. The van der Waals surface area contributed by atoms with Crippen molar-refractivity contribution in [1.82, 2.24) is 9.80 Å². The Labute approximate surface area is 234 Å². The van der Waals surface area contributed by atoms with E-state index in [2.05, 4.69) is 60.9 Å². The van der Waals surface area contributed by atoms with E-state index < -0.39 is 5.60 Å². The Morgan fingerprint density at radius 1 is 1.08 bits per heavy atom. The Morgan fingerprint density at radius 3 is 2.46 bits per heavy atom. The van der Waals surface area contributed by atoms with E-state index in [1.807, 2.05) is 12.1 Å². The van der Waals surface area contributed by atoms with Gasteiger partial charge in [0.15, 0.2) is 0 Å². The summed E-state index contributed by atoms with van der Waals surface area (Å²) < 4.78 is 11.9. The summed E-state index contributed by atoms with van der Waals surface area (Å²) in [6.07, 6.45) is 4.49. The molecule has 4 rings (SSSR count). The number of nitrogens with zero attached hydrogens (tertiary/aromatic N) is 2. The highest BCUT2D eigenvalue weighted by molar-refractivity contribution is 5.70. The normalized spacial score (nSPS) is 23.7. The fourth-order valence-electron chi connectivity index (χ4n) is 6.48. The molecule has 6 nitrogen and oxygen atoms in total. The van der Waals surface area contributed by atoms with Crippen molar-refractivity contribution in [3.05, 3.63) is 59.2 Å². The molecule has 2 aliphatic rings. The Hall–Kier alpha value is -3.01. The summed E-state index contributed by atoms with van der Waals surface area (Å²) in [5, 5.41) is 11.2. The van der Waals surface area contributed by atoms with Crippen molar-refractivity contribution in [3.8, 4) is 23.3 Å². The van der Waals surface area contributed by atoms with Crippen LogP contribution in [0.4, 0.5) is 4.79 Å². The molecule has 1 amide bonds. The van der Waals surface area contributed by atoms with Gasteiger partial charge in [-0.05, 0) is 105 Å². The van der Waals surface area contributed by atoms with Crippen molar-refractivity contribution in [2.75, 3.05) is 33.8 Å². The van der Waals surface area contributed by atoms with Gasteiger partial charge in [-0.25, -0.2) is 4.79 Å². The first-order valence-corrected chi connectivity index (χ1v) is 14.3. The molecule has 2 aromatic rings. The van der Waals surface area contributed by atoms with Gasteiger partial charge in [-0.15, -0.1) is 5.92 Å². The summed E-state index contributed by atoms with van der Waals surface area (Å²) in [5.74, 6) is 7.81. The summed E-state index contributed by atoms with van der Waals surface area (Å²) in [6.45, 7) is 9.80. The summed E-state index contributed by atoms with van der Waals surface area (Å²) in [4.78, 5) is 16.0. The molecule has 1 N–H and O–H groups in total. The number of aryl methyl sites for hydroxylation is 1. The number of fused-ring (bicyclic) bond motifs is 3. The minimum atomic E-state index is -0.927. The van der Waals surface area contributed by atoms with E-state index in [0.29, 0.717) is 31.1 Å². The Bertz CT molecular complexity index is 1190. The first-order valence-electron chi connectivity index (χ1n) is 14.3. The molecule has 3 atom stereocenters. The molecule has 0 spiro atoms. The zero-order valence-electron chi connectivity index (χ0n) is 24.3. The maximum absolute atomic E-state index is 12.1. The number of benzene rings is 2.